The minimum absolute atomic E-state index is 0. The summed E-state index contributed by atoms with van der Waals surface area (Å²) < 4.78 is 0. The van der Waals surface area contributed by atoms with Gasteiger partial charge in [0.05, 0.1) is 0 Å². The topological polar surface area (TPSA) is 104 Å². The Morgan fingerprint density at radius 2 is 1.27 bits per heavy atom. The summed E-state index contributed by atoms with van der Waals surface area (Å²) in [6.07, 6.45) is -0.162. The highest BCUT2D eigenvalue weighted by Gasteiger charge is 2.30. The predicted molar refractivity (Wildman–Crippen MR) is 101 cm³/mol. The van der Waals surface area contributed by atoms with E-state index in [0.717, 1.165) is 11.1 Å². The number of carbonyl (C=O) groups is 2. The molecule has 7 heteroatoms. The fraction of sp³-hybridized carbons (Fsp3) is 0.263. The predicted octanol–water partition coefficient (Wildman–Crippen LogP) is 2.37. The van der Waals surface area contributed by atoms with Crippen molar-refractivity contribution in [2.75, 3.05) is 0 Å². The van der Waals surface area contributed by atoms with Gasteiger partial charge in [-0.15, -0.1) is 12.4 Å². The first-order valence-electron chi connectivity index (χ1n) is 8.00. The number of carboxylic acid groups (broad SMARTS) is 2. The van der Waals surface area contributed by atoms with Gasteiger partial charge in [0, 0.05) is 13.1 Å². The van der Waals surface area contributed by atoms with Crippen molar-refractivity contribution < 1.29 is 19.8 Å². The molecule has 2 aromatic rings. The molecule has 0 radical (unpaired) electrons. The molecule has 0 aliphatic heterocycles. The lowest BCUT2D eigenvalue weighted by Crippen LogP contribution is -2.46. The minimum atomic E-state index is -1.23. The Labute approximate surface area is 158 Å². The largest absolute Gasteiger partial charge is 0.480 e. The van der Waals surface area contributed by atoms with Crippen LogP contribution < -0.4 is 5.73 Å². The van der Waals surface area contributed by atoms with Crippen LogP contribution in [0.2, 0.25) is 0 Å². The number of hydrogen-bond acceptors (Lipinski definition) is 4. The SMILES string of the molecule is Cl.NC(CC(C(=O)O)N(Cc1ccccc1)Cc1ccccc1)C(=O)O. The van der Waals surface area contributed by atoms with Crippen molar-refractivity contribution in [3.63, 3.8) is 0 Å². The van der Waals surface area contributed by atoms with Crippen LogP contribution in [0.1, 0.15) is 17.5 Å². The Kier molecular flexibility index (Phi) is 8.78. The molecule has 26 heavy (non-hydrogen) atoms. The molecule has 0 spiro atoms. The summed E-state index contributed by atoms with van der Waals surface area (Å²) in [5.74, 6) is -2.28. The van der Waals surface area contributed by atoms with E-state index in [2.05, 4.69) is 0 Å². The number of halogens is 1. The molecule has 0 fully saturated rings. The Morgan fingerprint density at radius 1 is 0.846 bits per heavy atom. The van der Waals surface area contributed by atoms with E-state index in [0.29, 0.717) is 13.1 Å². The van der Waals surface area contributed by atoms with E-state index in [1.807, 2.05) is 60.7 Å². The van der Waals surface area contributed by atoms with Crippen molar-refractivity contribution in [3.05, 3.63) is 71.8 Å². The maximum Gasteiger partial charge on any atom is 0.321 e. The maximum atomic E-state index is 11.8. The molecule has 2 aromatic carbocycles. The third-order valence-corrected chi connectivity index (χ3v) is 3.98. The van der Waals surface area contributed by atoms with Gasteiger partial charge in [0.25, 0.3) is 0 Å². The van der Waals surface area contributed by atoms with E-state index in [-0.39, 0.29) is 18.8 Å². The fourth-order valence-corrected chi connectivity index (χ4v) is 2.66. The smallest absolute Gasteiger partial charge is 0.321 e. The third-order valence-electron chi connectivity index (χ3n) is 3.98. The summed E-state index contributed by atoms with van der Waals surface area (Å²) in [7, 11) is 0. The lowest BCUT2D eigenvalue weighted by atomic mass is 10.0. The van der Waals surface area contributed by atoms with E-state index in [9.17, 15) is 14.7 Å². The van der Waals surface area contributed by atoms with Crippen LogP contribution in [0.3, 0.4) is 0 Å². The number of aliphatic carboxylic acids is 2. The molecule has 2 atom stereocenters. The minimum Gasteiger partial charge on any atom is -0.480 e. The molecular formula is C19H23ClN2O4. The normalized spacial score (nSPS) is 12.8. The van der Waals surface area contributed by atoms with Crippen molar-refractivity contribution in [1.82, 2.24) is 4.90 Å². The maximum absolute atomic E-state index is 11.8. The summed E-state index contributed by atoms with van der Waals surface area (Å²) in [6.45, 7) is 0.776. The second-order valence-electron chi connectivity index (χ2n) is 5.91. The number of hydrogen-bond donors (Lipinski definition) is 3. The number of nitrogens with two attached hydrogens (primary N) is 1. The average Bonchev–Trinajstić information content (AvgIpc) is 2.60. The van der Waals surface area contributed by atoms with Gasteiger partial charge in [-0.05, 0) is 17.5 Å². The number of nitrogens with zero attached hydrogens (tertiary/aromatic N) is 1. The molecule has 0 saturated heterocycles. The first kappa shape index (κ1) is 21.6. The standard InChI is InChI=1S/C19H22N2O4.ClH/c20-16(18(22)23)11-17(19(24)25)21(12-14-7-3-1-4-8-14)13-15-9-5-2-6-10-15;/h1-10,16-17H,11-13,20H2,(H,22,23)(H,24,25);1H. The van der Waals surface area contributed by atoms with E-state index < -0.39 is 24.0 Å². The molecule has 6 nitrogen and oxygen atoms in total. The molecule has 0 heterocycles. The van der Waals surface area contributed by atoms with Crippen molar-refractivity contribution in [2.24, 2.45) is 5.73 Å². The Balaban J connectivity index is 0.00000338. The van der Waals surface area contributed by atoms with Crippen LogP contribution in [0.4, 0.5) is 0 Å². The van der Waals surface area contributed by atoms with Crippen LogP contribution in [0, 0.1) is 0 Å². The van der Waals surface area contributed by atoms with Crippen LogP contribution >= 0.6 is 12.4 Å². The summed E-state index contributed by atoms with van der Waals surface area (Å²) in [5, 5.41) is 18.7. The number of rotatable bonds is 9. The fourth-order valence-electron chi connectivity index (χ4n) is 2.66. The molecule has 0 aliphatic rings. The molecule has 140 valence electrons. The zero-order chi connectivity index (χ0) is 18.2. The van der Waals surface area contributed by atoms with Crippen LogP contribution in [0.15, 0.2) is 60.7 Å². The van der Waals surface area contributed by atoms with Crippen molar-refractivity contribution in [1.29, 1.82) is 0 Å². The third kappa shape index (κ3) is 6.48. The molecular weight excluding hydrogens is 356 g/mol. The lowest BCUT2D eigenvalue weighted by molar-refractivity contribution is -0.145. The van der Waals surface area contributed by atoms with Gasteiger partial charge in [-0.2, -0.15) is 0 Å². The van der Waals surface area contributed by atoms with E-state index in [1.165, 1.54) is 0 Å². The van der Waals surface area contributed by atoms with Crippen LogP contribution in [0.25, 0.3) is 0 Å². The zero-order valence-electron chi connectivity index (χ0n) is 14.2. The Hall–Kier alpha value is -2.41. The van der Waals surface area contributed by atoms with Crippen LogP contribution in [-0.4, -0.2) is 39.1 Å². The van der Waals surface area contributed by atoms with Gasteiger partial charge in [-0.25, -0.2) is 0 Å². The van der Waals surface area contributed by atoms with Gasteiger partial charge in [0.15, 0.2) is 0 Å². The van der Waals surface area contributed by atoms with Crippen molar-refractivity contribution >= 4 is 24.3 Å². The quantitative estimate of drug-likeness (QED) is 0.618. The van der Waals surface area contributed by atoms with Gasteiger partial charge < -0.3 is 15.9 Å². The average molecular weight is 379 g/mol. The van der Waals surface area contributed by atoms with E-state index >= 15 is 0 Å². The van der Waals surface area contributed by atoms with Crippen LogP contribution in [0.5, 0.6) is 0 Å². The molecule has 0 bridgehead atoms. The van der Waals surface area contributed by atoms with Crippen molar-refractivity contribution in [2.45, 2.75) is 31.6 Å². The summed E-state index contributed by atoms with van der Waals surface area (Å²) in [5.41, 5.74) is 7.49. The number of benzene rings is 2. The van der Waals surface area contributed by atoms with Crippen molar-refractivity contribution in [3.8, 4) is 0 Å². The highest BCUT2D eigenvalue weighted by Crippen LogP contribution is 2.17. The molecule has 0 amide bonds. The first-order chi connectivity index (χ1) is 12.0. The highest BCUT2D eigenvalue weighted by molar-refractivity contribution is 5.85. The molecule has 2 unspecified atom stereocenters. The van der Waals surface area contributed by atoms with Gasteiger partial charge in [-0.3, -0.25) is 14.5 Å². The molecule has 0 aromatic heterocycles. The molecule has 4 N–H and O–H groups in total. The Morgan fingerprint density at radius 3 is 1.62 bits per heavy atom. The van der Waals surface area contributed by atoms with Crippen LogP contribution in [-0.2, 0) is 22.7 Å². The molecule has 0 saturated carbocycles. The van der Waals surface area contributed by atoms with Gasteiger partial charge in [0.2, 0.25) is 0 Å². The second kappa shape index (κ2) is 10.6. The summed E-state index contributed by atoms with van der Waals surface area (Å²) >= 11 is 0. The lowest BCUT2D eigenvalue weighted by Gasteiger charge is -2.30. The molecule has 2 rings (SSSR count). The summed E-state index contributed by atoms with van der Waals surface area (Å²) in [4.78, 5) is 24.6. The van der Waals surface area contributed by atoms with E-state index in [4.69, 9.17) is 10.8 Å². The number of carboxylic acids is 2. The zero-order valence-corrected chi connectivity index (χ0v) is 15.0. The second-order valence-corrected chi connectivity index (χ2v) is 5.91. The monoisotopic (exact) mass is 378 g/mol. The van der Waals surface area contributed by atoms with Gasteiger partial charge in [-0.1, -0.05) is 60.7 Å². The first-order valence-corrected chi connectivity index (χ1v) is 8.00. The van der Waals surface area contributed by atoms with Gasteiger partial charge >= 0.3 is 11.9 Å². The molecule has 0 aliphatic carbocycles. The van der Waals surface area contributed by atoms with E-state index in [1.54, 1.807) is 4.90 Å². The summed E-state index contributed by atoms with van der Waals surface area (Å²) in [6, 6.07) is 16.7. The highest BCUT2D eigenvalue weighted by atomic mass is 35.5. The van der Waals surface area contributed by atoms with Gasteiger partial charge in [0.1, 0.15) is 12.1 Å². The Bertz CT molecular complexity index is 656.